The molecule has 12 nitrogen and oxygen atoms in total. The summed E-state index contributed by atoms with van der Waals surface area (Å²) in [6.45, 7) is 13.8. The van der Waals surface area contributed by atoms with Crippen molar-refractivity contribution in [2.24, 2.45) is 16.0 Å². The van der Waals surface area contributed by atoms with Crippen molar-refractivity contribution in [2.75, 3.05) is 72.2 Å². The lowest BCUT2D eigenvalue weighted by molar-refractivity contribution is -0.126. The minimum atomic E-state index is -3.75. The molecule has 13 heteroatoms. The third-order valence-electron chi connectivity index (χ3n) is 8.82. The number of morpholine rings is 1. The summed E-state index contributed by atoms with van der Waals surface area (Å²) < 4.78 is 40.3. The van der Waals surface area contributed by atoms with E-state index in [1.54, 1.807) is 27.5 Å². The molecule has 40 heavy (non-hydrogen) atoms. The predicted octanol–water partition coefficient (Wildman–Crippen LogP) is 0.396. The number of nitrogens with zero attached hydrogens (tertiary/aromatic N) is 6. The van der Waals surface area contributed by atoms with E-state index in [9.17, 15) is 13.2 Å². The highest BCUT2D eigenvalue weighted by atomic mass is 32.2. The van der Waals surface area contributed by atoms with E-state index in [2.05, 4.69) is 15.1 Å². The highest BCUT2D eigenvalue weighted by molar-refractivity contribution is 7.89. The highest BCUT2D eigenvalue weighted by Gasteiger charge is 2.76. The normalized spacial score (nSPS) is 29.4. The molecule has 3 atom stereocenters. The molecule has 3 fully saturated rings. The van der Waals surface area contributed by atoms with Gasteiger partial charge in [0.1, 0.15) is 11.6 Å². The first kappa shape index (κ1) is 27.6. The number of rotatable bonds is 9. The first-order chi connectivity index (χ1) is 19.3. The van der Waals surface area contributed by atoms with Crippen LogP contribution in [0.2, 0.25) is 0 Å². The van der Waals surface area contributed by atoms with E-state index in [4.69, 9.17) is 19.6 Å². The van der Waals surface area contributed by atoms with Crippen LogP contribution >= 0.6 is 0 Å². The van der Waals surface area contributed by atoms with Gasteiger partial charge in [0.2, 0.25) is 10.0 Å². The zero-order valence-electron chi connectivity index (χ0n) is 23.5. The lowest BCUT2D eigenvalue weighted by Crippen LogP contribution is -2.56. The Bertz CT molecular complexity index is 1320. The van der Waals surface area contributed by atoms with Crippen LogP contribution in [-0.4, -0.2) is 129 Å². The molecular formula is C27H39N7O5S. The molecule has 1 aliphatic carbocycles. The molecule has 1 spiro atoms. The van der Waals surface area contributed by atoms with Gasteiger partial charge in [0.05, 0.1) is 36.3 Å². The van der Waals surface area contributed by atoms with Crippen molar-refractivity contribution in [3.63, 3.8) is 0 Å². The summed E-state index contributed by atoms with van der Waals surface area (Å²) in [4.78, 5) is 23.0. The first-order valence-corrected chi connectivity index (χ1v) is 15.8. The van der Waals surface area contributed by atoms with Crippen molar-refractivity contribution >= 4 is 27.6 Å². The first-order valence-electron chi connectivity index (χ1n) is 14.4. The fourth-order valence-electron chi connectivity index (χ4n) is 6.34. The molecule has 0 aromatic heterocycles. The van der Waals surface area contributed by atoms with Gasteiger partial charge in [-0.15, -0.1) is 0 Å². The van der Waals surface area contributed by atoms with Crippen molar-refractivity contribution < 1.29 is 22.7 Å². The lowest BCUT2D eigenvalue weighted by atomic mass is 10.1. The second kappa shape index (κ2) is 10.7. The Morgan fingerprint density at radius 1 is 1.07 bits per heavy atom. The van der Waals surface area contributed by atoms with Gasteiger partial charge in [0.15, 0.2) is 11.4 Å². The number of aliphatic imine (C=N–C) groups is 1. The molecule has 6 rings (SSSR count). The summed E-state index contributed by atoms with van der Waals surface area (Å²) in [6.07, 6.45) is 0.653. The summed E-state index contributed by atoms with van der Waals surface area (Å²) in [5, 5.41) is 9.52. The second-order valence-corrected chi connectivity index (χ2v) is 12.9. The highest BCUT2D eigenvalue weighted by Crippen LogP contribution is 2.56. The number of ether oxygens (including phenoxy) is 2. The number of hydrazone groups is 1. The molecule has 1 amide bonds. The fraction of sp³-hybridized carbons (Fsp3) is 0.667. The van der Waals surface area contributed by atoms with Gasteiger partial charge in [-0.05, 0) is 25.1 Å². The zero-order chi connectivity index (χ0) is 28.1. The van der Waals surface area contributed by atoms with E-state index in [-0.39, 0.29) is 28.6 Å². The lowest BCUT2D eigenvalue weighted by Gasteiger charge is -2.36. The second-order valence-electron chi connectivity index (χ2n) is 11.0. The summed E-state index contributed by atoms with van der Waals surface area (Å²) in [5.74, 6) is 1.43. The van der Waals surface area contributed by atoms with Gasteiger partial charge < -0.3 is 14.8 Å². The third kappa shape index (κ3) is 4.51. The molecule has 4 aliphatic heterocycles. The molecule has 5 aliphatic rings. The van der Waals surface area contributed by atoms with E-state index in [0.717, 1.165) is 45.2 Å². The number of benzene rings is 1. The molecule has 218 valence electrons. The van der Waals surface area contributed by atoms with Crippen LogP contribution in [0, 0.1) is 5.92 Å². The van der Waals surface area contributed by atoms with E-state index >= 15 is 0 Å². The maximum atomic E-state index is 13.7. The largest absolute Gasteiger partial charge is 0.493 e. The van der Waals surface area contributed by atoms with Gasteiger partial charge in [-0.25, -0.2) is 13.4 Å². The van der Waals surface area contributed by atoms with E-state index in [0.29, 0.717) is 50.5 Å². The van der Waals surface area contributed by atoms with Crippen LogP contribution in [0.15, 0.2) is 33.2 Å². The number of nitrogens with one attached hydrogen (secondary N) is 1. The Morgan fingerprint density at radius 2 is 1.77 bits per heavy atom. The van der Waals surface area contributed by atoms with Crippen LogP contribution in [0.5, 0.6) is 5.75 Å². The predicted molar refractivity (Wildman–Crippen MR) is 150 cm³/mol. The monoisotopic (exact) mass is 573 g/mol. The number of hydrogen-bond donors (Lipinski definition) is 1. The van der Waals surface area contributed by atoms with E-state index in [1.165, 1.54) is 0 Å². The summed E-state index contributed by atoms with van der Waals surface area (Å²) in [5.41, 5.74) is -0.325. The number of amides is 1. The fourth-order valence-corrected chi connectivity index (χ4v) is 7.79. The maximum Gasteiger partial charge on any atom is 0.256 e. The van der Waals surface area contributed by atoms with Crippen LogP contribution < -0.4 is 10.1 Å². The van der Waals surface area contributed by atoms with Gasteiger partial charge >= 0.3 is 0 Å². The molecule has 0 radical (unpaired) electrons. The Hall–Kier alpha value is -2.58. The molecule has 1 aromatic carbocycles. The van der Waals surface area contributed by atoms with Crippen LogP contribution in [0.3, 0.4) is 0 Å². The number of carbonyl (C=O) groups excluding carboxylic acids is 1. The van der Waals surface area contributed by atoms with Crippen LogP contribution in [0.1, 0.15) is 32.8 Å². The molecule has 1 aromatic rings. The van der Waals surface area contributed by atoms with Crippen LogP contribution in [-0.2, 0) is 19.6 Å². The maximum absolute atomic E-state index is 13.7. The van der Waals surface area contributed by atoms with Gasteiger partial charge in [0, 0.05) is 64.7 Å². The average molecular weight is 574 g/mol. The van der Waals surface area contributed by atoms with Crippen molar-refractivity contribution in [2.45, 2.75) is 43.7 Å². The topological polar surface area (TPSA) is 119 Å². The number of sulfonamides is 1. The smallest absolute Gasteiger partial charge is 0.256 e. The molecule has 2 saturated heterocycles. The van der Waals surface area contributed by atoms with Crippen molar-refractivity contribution in [3.8, 4) is 5.75 Å². The molecule has 1 saturated carbocycles. The SMILES string of the molecule is CCOc1ccc(S(=O)(=O)N2CCN(CCN3CCOCC3)CC2)cc1C1=NN2C(CC)=NC3C(C)C32C(=O)N1. The van der Waals surface area contributed by atoms with Gasteiger partial charge in [-0.2, -0.15) is 9.41 Å². The molecular weight excluding hydrogens is 534 g/mol. The van der Waals surface area contributed by atoms with Gasteiger partial charge in [0.25, 0.3) is 5.91 Å². The van der Waals surface area contributed by atoms with Gasteiger partial charge in [-0.3, -0.25) is 19.6 Å². The van der Waals surface area contributed by atoms with E-state index < -0.39 is 15.6 Å². The van der Waals surface area contributed by atoms with Crippen molar-refractivity contribution in [3.05, 3.63) is 23.8 Å². The standard InChI is InChI=1S/C27H39N7O5S/c1-4-23-28-24-19(3)27(24)26(35)29-25(30-34(23)27)21-18-20(6-7-22(21)39-5-2)40(36,37)33-12-10-31(11-13-33)8-9-32-14-16-38-17-15-32/h6-7,18-19,24H,4-5,8-17H2,1-3H3,(H,29,30,35). The number of amidine groups is 2. The molecule has 4 heterocycles. The number of piperazine rings is 1. The van der Waals surface area contributed by atoms with Crippen molar-refractivity contribution in [1.29, 1.82) is 0 Å². The number of carbonyl (C=O) groups is 1. The van der Waals surface area contributed by atoms with Gasteiger partial charge in [-0.1, -0.05) is 13.8 Å². The minimum Gasteiger partial charge on any atom is -0.493 e. The zero-order valence-corrected chi connectivity index (χ0v) is 24.3. The molecule has 3 unspecified atom stereocenters. The van der Waals surface area contributed by atoms with Crippen LogP contribution in [0.25, 0.3) is 0 Å². The van der Waals surface area contributed by atoms with E-state index in [1.807, 2.05) is 20.8 Å². The minimum absolute atomic E-state index is 0.0683. The Morgan fingerprint density at radius 3 is 2.45 bits per heavy atom. The number of hydrogen-bond acceptors (Lipinski definition) is 10. The summed E-state index contributed by atoms with van der Waals surface area (Å²) in [6, 6.07) is 4.72. The quantitative estimate of drug-likeness (QED) is 0.451. The van der Waals surface area contributed by atoms with Crippen LogP contribution in [0.4, 0.5) is 0 Å². The Kier molecular flexibility index (Phi) is 7.36. The Labute approximate surface area is 236 Å². The average Bonchev–Trinajstić information content (AvgIpc) is 3.37. The molecule has 1 N–H and O–H groups in total. The van der Waals surface area contributed by atoms with Crippen molar-refractivity contribution in [1.82, 2.24) is 24.4 Å². The summed E-state index contributed by atoms with van der Waals surface area (Å²) >= 11 is 0. The third-order valence-corrected chi connectivity index (χ3v) is 10.7. The molecule has 0 bridgehead atoms. The summed E-state index contributed by atoms with van der Waals surface area (Å²) in [7, 11) is -3.75. The Balaban J connectivity index is 1.21.